The summed E-state index contributed by atoms with van der Waals surface area (Å²) in [5.74, 6) is -0.362. The third kappa shape index (κ3) is 3.11. The van der Waals surface area contributed by atoms with Crippen molar-refractivity contribution in [3.63, 3.8) is 0 Å². The second kappa shape index (κ2) is 6.44. The molecule has 2 rings (SSSR count). The number of carbonyl (C=O) groups is 1. The number of para-hydroxylation sites is 1. The van der Waals surface area contributed by atoms with E-state index in [9.17, 15) is 4.79 Å². The van der Waals surface area contributed by atoms with Crippen LogP contribution in [0.2, 0.25) is 5.02 Å². The molecule has 0 bridgehead atoms. The molecule has 0 aliphatic heterocycles. The average Bonchev–Trinajstić information content (AvgIpc) is 2.47. The van der Waals surface area contributed by atoms with Crippen LogP contribution in [-0.4, -0.2) is 13.1 Å². The normalized spacial score (nSPS) is 11.8. The fraction of sp³-hybridized carbons (Fsp3) is 0.188. The smallest absolute Gasteiger partial charge is 0.339 e. The first-order valence-corrected chi connectivity index (χ1v) is 6.69. The van der Waals surface area contributed by atoms with Gasteiger partial charge in [0.15, 0.2) is 0 Å². The Morgan fingerprint density at radius 1 is 1.15 bits per heavy atom. The van der Waals surface area contributed by atoms with Crippen molar-refractivity contribution in [2.24, 2.45) is 0 Å². The number of ether oxygens (including phenoxy) is 1. The number of carbonyl (C=O) groups excluding carboxylic acids is 1. The molecule has 0 aromatic heterocycles. The molecule has 0 saturated heterocycles. The second-order valence-electron chi connectivity index (χ2n) is 4.42. The van der Waals surface area contributed by atoms with Gasteiger partial charge in [-0.2, -0.15) is 0 Å². The molecule has 0 amide bonds. The summed E-state index contributed by atoms with van der Waals surface area (Å²) in [6.07, 6.45) is 0. The topological polar surface area (TPSA) is 38.3 Å². The molecular formula is C16H16ClNO2. The number of halogens is 1. The summed E-state index contributed by atoms with van der Waals surface area (Å²) < 4.78 is 4.78. The monoisotopic (exact) mass is 289 g/mol. The van der Waals surface area contributed by atoms with Crippen LogP contribution in [0.25, 0.3) is 0 Å². The zero-order valence-corrected chi connectivity index (χ0v) is 12.1. The van der Waals surface area contributed by atoms with Crippen LogP contribution in [0.4, 0.5) is 5.69 Å². The SMILES string of the molecule is COC(=O)c1ccccc1NC(C)c1ccccc1Cl. The van der Waals surface area contributed by atoms with Crippen LogP contribution in [-0.2, 0) is 4.74 Å². The summed E-state index contributed by atoms with van der Waals surface area (Å²) in [7, 11) is 1.37. The number of esters is 1. The Hall–Kier alpha value is -2.00. The summed E-state index contributed by atoms with van der Waals surface area (Å²) in [6, 6.07) is 14.9. The number of benzene rings is 2. The second-order valence-corrected chi connectivity index (χ2v) is 4.83. The van der Waals surface area contributed by atoms with E-state index >= 15 is 0 Å². The third-order valence-corrected chi connectivity index (χ3v) is 3.42. The molecule has 2 aromatic carbocycles. The summed E-state index contributed by atoms with van der Waals surface area (Å²) >= 11 is 6.18. The predicted molar refractivity (Wildman–Crippen MR) is 81.3 cm³/mol. The third-order valence-electron chi connectivity index (χ3n) is 3.08. The number of hydrogen-bond donors (Lipinski definition) is 1. The van der Waals surface area contributed by atoms with Crippen LogP contribution in [0.15, 0.2) is 48.5 Å². The van der Waals surface area contributed by atoms with Gasteiger partial charge in [0.2, 0.25) is 0 Å². The van der Waals surface area contributed by atoms with Gasteiger partial charge in [-0.1, -0.05) is 41.9 Å². The van der Waals surface area contributed by atoms with Gasteiger partial charge in [-0.25, -0.2) is 4.79 Å². The van der Waals surface area contributed by atoms with Crippen molar-refractivity contribution in [2.45, 2.75) is 13.0 Å². The Labute approximate surface area is 123 Å². The van der Waals surface area contributed by atoms with E-state index in [1.54, 1.807) is 12.1 Å². The van der Waals surface area contributed by atoms with Crippen molar-refractivity contribution in [1.82, 2.24) is 0 Å². The van der Waals surface area contributed by atoms with Crippen LogP contribution in [0, 0.1) is 0 Å². The van der Waals surface area contributed by atoms with Crippen LogP contribution in [0.5, 0.6) is 0 Å². The van der Waals surface area contributed by atoms with Gasteiger partial charge in [0.1, 0.15) is 0 Å². The Morgan fingerprint density at radius 3 is 2.50 bits per heavy atom. The molecule has 3 nitrogen and oxygen atoms in total. The molecule has 104 valence electrons. The highest BCUT2D eigenvalue weighted by atomic mass is 35.5. The van der Waals surface area contributed by atoms with Crippen LogP contribution in [0.1, 0.15) is 28.9 Å². The molecule has 1 atom stereocenters. The molecule has 0 heterocycles. The molecule has 0 aliphatic carbocycles. The van der Waals surface area contributed by atoms with E-state index in [1.165, 1.54) is 7.11 Å². The van der Waals surface area contributed by atoms with Gasteiger partial charge in [0.25, 0.3) is 0 Å². The quantitative estimate of drug-likeness (QED) is 0.853. The van der Waals surface area contributed by atoms with Gasteiger partial charge >= 0.3 is 5.97 Å². The highest BCUT2D eigenvalue weighted by Crippen LogP contribution is 2.27. The summed E-state index contributed by atoms with van der Waals surface area (Å²) in [5, 5.41) is 3.99. The number of nitrogens with one attached hydrogen (secondary N) is 1. The maximum absolute atomic E-state index is 11.7. The van der Waals surface area contributed by atoms with Gasteiger partial charge < -0.3 is 10.1 Å². The first-order valence-electron chi connectivity index (χ1n) is 6.31. The van der Waals surface area contributed by atoms with Crippen molar-refractivity contribution in [1.29, 1.82) is 0 Å². The maximum atomic E-state index is 11.7. The molecule has 1 unspecified atom stereocenters. The minimum atomic E-state index is -0.362. The lowest BCUT2D eigenvalue weighted by molar-refractivity contribution is 0.0602. The lowest BCUT2D eigenvalue weighted by Gasteiger charge is -2.18. The fourth-order valence-corrected chi connectivity index (χ4v) is 2.33. The van der Waals surface area contributed by atoms with Crippen molar-refractivity contribution >= 4 is 23.3 Å². The van der Waals surface area contributed by atoms with Crippen molar-refractivity contribution in [3.8, 4) is 0 Å². The van der Waals surface area contributed by atoms with Crippen LogP contribution < -0.4 is 5.32 Å². The minimum absolute atomic E-state index is 0.0190. The number of anilines is 1. The maximum Gasteiger partial charge on any atom is 0.339 e. The highest BCUT2D eigenvalue weighted by molar-refractivity contribution is 6.31. The fourth-order valence-electron chi connectivity index (χ4n) is 2.03. The van der Waals surface area contributed by atoms with Crippen LogP contribution in [0.3, 0.4) is 0 Å². The van der Waals surface area contributed by atoms with E-state index in [0.29, 0.717) is 10.6 Å². The standard InChI is InChI=1S/C16H16ClNO2/c1-11(12-7-3-5-9-14(12)17)18-15-10-6-4-8-13(15)16(19)20-2/h3-11,18H,1-2H3. The molecule has 0 fully saturated rings. The zero-order chi connectivity index (χ0) is 14.5. The van der Waals surface area contributed by atoms with Crippen molar-refractivity contribution < 1.29 is 9.53 Å². The lowest BCUT2D eigenvalue weighted by atomic mass is 10.1. The number of rotatable bonds is 4. The highest BCUT2D eigenvalue weighted by Gasteiger charge is 2.14. The van der Waals surface area contributed by atoms with E-state index in [0.717, 1.165) is 11.3 Å². The molecular weight excluding hydrogens is 274 g/mol. The van der Waals surface area contributed by atoms with Crippen LogP contribution >= 0.6 is 11.6 Å². The molecule has 0 radical (unpaired) electrons. The molecule has 20 heavy (non-hydrogen) atoms. The van der Waals surface area contributed by atoms with E-state index in [2.05, 4.69) is 5.32 Å². The Kier molecular flexibility index (Phi) is 4.64. The van der Waals surface area contributed by atoms with E-state index in [1.807, 2.05) is 43.3 Å². The average molecular weight is 290 g/mol. The van der Waals surface area contributed by atoms with Gasteiger partial charge in [-0.05, 0) is 30.7 Å². The van der Waals surface area contributed by atoms with E-state index in [4.69, 9.17) is 16.3 Å². The lowest BCUT2D eigenvalue weighted by Crippen LogP contribution is -2.12. The Morgan fingerprint density at radius 2 is 1.80 bits per heavy atom. The summed E-state index contributed by atoms with van der Waals surface area (Å²) in [5.41, 5.74) is 2.22. The molecule has 0 saturated carbocycles. The molecule has 0 aliphatic rings. The number of hydrogen-bond acceptors (Lipinski definition) is 3. The van der Waals surface area contributed by atoms with E-state index in [-0.39, 0.29) is 12.0 Å². The molecule has 1 N–H and O–H groups in total. The van der Waals surface area contributed by atoms with Gasteiger partial charge in [-0.15, -0.1) is 0 Å². The molecule has 0 spiro atoms. The van der Waals surface area contributed by atoms with Gasteiger partial charge in [-0.3, -0.25) is 0 Å². The van der Waals surface area contributed by atoms with E-state index < -0.39 is 0 Å². The molecule has 4 heteroatoms. The predicted octanol–water partition coefficient (Wildman–Crippen LogP) is 4.30. The first-order chi connectivity index (χ1) is 9.63. The first kappa shape index (κ1) is 14.4. The summed E-state index contributed by atoms with van der Waals surface area (Å²) in [4.78, 5) is 11.7. The largest absolute Gasteiger partial charge is 0.465 e. The zero-order valence-electron chi connectivity index (χ0n) is 11.4. The Balaban J connectivity index is 2.26. The molecule has 2 aromatic rings. The van der Waals surface area contributed by atoms with Crippen molar-refractivity contribution in [2.75, 3.05) is 12.4 Å². The van der Waals surface area contributed by atoms with Crippen molar-refractivity contribution in [3.05, 3.63) is 64.7 Å². The number of methoxy groups -OCH3 is 1. The summed E-state index contributed by atoms with van der Waals surface area (Å²) in [6.45, 7) is 2.00. The van der Waals surface area contributed by atoms with Gasteiger partial charge in [0, 0.05) is 10.7 Å². The van der Waals surface area contributed by atoms with Gasteiger partial charge in [0.05, 0.1) is 18.7 Å². The Bertz CT molecular complexity index is 613. The minimum Gasteiger partial charge on any atom is -0.465 e.